The fraction of sp³-hybridized carbons (Fsp3) is 0.400. The molecule has 0 N–H and O–H groups in total. The Bertz CT molecular complexity index is 878. The molecular formula is C25H29NO4. The first-order valence-electron chi connectivity index (χ1n) is 10.7. The van der Waals surface area contributed by atoms with Crippen molar-refractivity contribution in [3.05, 3.63) is 71.3 Å². The quantitative estimate of drug-likeness (QED) is 0.371. The van der Waals surface area contributed by atoms with E-state index in [4.69, 9.17) is 4.74 Å². The van der Waals surface area contributed by atoms with Gasteiger partial charge >= 0.3 is 5.97 Å². The second-order valence-corrected chi connectivity index (χ2v) is 7.75. The third-order valence-corrected chi connectivity index (χ3v) is 5.53. The maximum atomic E-state index is 12.7. The number of rotatable bonds is 8. The van der Waals surface area contributed by atoms with Gasteiger partial charge in [0.2, 0.25) is 5.91 Å². The van der Waals surface area contributed by atoms with E-state index in [-0.39, 0.29) is 24.3 Å². The second-order valence-electron chi connectivity index (χ2n) is 7.75. The Hall–Kier alpha value is -2.95. The van der Waals surface area contributed by atoms with E-state index in [1.807, 2.05) is 29.2 Å². The van der Waals surface area contributed by atoms with E-state index in [9.17, 15) is 14.4 Å². The monoisotopic (exact) mass is 407 g/mol. The Balaban J connectivity index is 1.52. The van der Waals surface area contributed by atoms with Gasteiger partial charge in [-0.25, -0.2) is 0 Å². The molecule has 2 aromatic rings. The van der Waals surface area contributed by atoms with E-state index in [1.165, 1.54) is 0 Å². The van der Waals surface area contributed by atoms with Crippen LogP contribution in [0.2, 0.25) is 0 Å². The number of amides is 1. The van der Waals surface area contributed by atoms with Gasteiger partial charge in [-0.1, -0.05) is 55.0 Å². The van der Waals surface area contributed by atoms with Crippen LogP contribution in [0.3, 0.4) is 0 Å². The summed E-state index contributed by atoms with van der Waals surface area (Å²) in [4.78, 5) is 39.0. The molecule has 1 fully saturated rings. The molecule has 0 spiro atoms. The summed E-state index contributed by atoms with van der Waals surface area (Å²) >= 11 is 0. The van der Waals surface area contributed by atoms with Crippen LogP contribution in [0.4, 0.5) is 0 Å². The minimum Gasteiger partial charge on any atom is -0.465 e. The molecule has 3 rings (SSSR count). The molecule has 1 atom stereocenters. The van der Waals surface area contributed by atoms with E-state index in [2.05, 4.69) is 0 Å². The molecule has 0 saturated carbocycles. The molecule has 0 bridgehead atoms. The summed E-state index contributed by atoms with van der Waals surface area (Å²) in [5.41, 5.74) is 1.93. The number of ketones is 1. The fourth-order valence-corrected chi connectivity index (χ4v) is 3.67. The molecule has 1 heterocycles. The van der Waals surface area contributed by atoms with Crippen LogP contribution in [0.1, 0.15) is 66.4 Å². The number of hydrogen-bond donors (Lipinski definition) is 0. The lowest BCUT2D eigenvalue weighted by Crippen LogP contribution is -2.32. The Labute approximate surface area is 178 Å². The third-order valence-electron chi connectivity index (χ3n) is 5.53. The molecule has 1 unspecified atom stereocenters. The molecule has 158 valence electrons. The molecular weight excluding hydrogens is 378 g/mol. The number of nitrogens with zero attached hydrogens (tertiary/aromatic N) is 1. The average Bonchev–Trinajstić information content (AvgIpc) is 3.00. The van der Waals surface area contributed by atoms with Gasteiger partial charge in [-0.3, -0.25) is 14.4 Å². The SMILES string of the molecule is CC(C(=O)OCCCN1CCCCCC1=O)c1cccc(C(=O)c2ccccc2)c1. The van der Waals surface area contributed by atoms with Gasteiger partial charge in [0, 0.05) is 30.6 Å². The van der Waals surface area contributed by atoms with Crippen molar-refractivity contribution in [1.82, 2.24) is 4.90 Å². The Morgan fingerprint density at radius 3 is 2.57 bits per heavy atom. The molecule has 0 aliphatic carbocycles. The van der Waals surface area contributed by atoms with Crippen molar-refractivity contribution in [2.75, 3.05) is 19.7 Å². The summed E-state index contributed by atoms with van der Waals surface area (Å²) in [7, 11) is 0. The van der Waals surface area contributed by atoms with Crippen LogP contribution in [0.15, 0.2) is 54.6 Å². The summed E-state index contributed by atoms with van der Waals surface area (Å²) in [5, 5.41) is 0. The standard InChI is InChI=1S/C25H29NO4/c1-19(25(29)30-17-9-16-26-15-7-3-6-14-23(26)27)21-12-8-13-22(18-21)24(28)20-10-4-2-5-11-20/h2,4-5,8,10-13,18-19H,3,6-7,9,14-17H2,1H3. The number of likely N-dealkylation sites (tertiary alicyclic amines) is 1. The second kappa shape index (κ2) is 10.7. The number of carbonyl (C=O) groups excluding carboxylic acids is 3. The van der Waals surface area contributed by atoms with Crippen LogP contribution in [0, 0.1) is 0 Å². The van der Waals surface area contributed by atoms with Crippen LogP contribution in [0.25, 0.3) is 0 Å². The first-order valence-corrected chi connectivity index (χ1v) is 10.7. The summed E-state index contributed by atoms with van der Waals surface area (Å²) in [6, 6.07) is 16.2. The van der Waals surface area contributed by atoms with Gasteiger partial charge < -0.3 is 9.64 Å². The maximum absolute atomic E-state index is 12.7. The van der Waals surface area contributed by atoms with Crippen LogP contribution in [-0.2, 0) is 14.3 Å². The molecule has 0 aromatic heterocycles. The van der Waals surface area contributed by atoms with Crippen LogP contribution < -0.4 is 0 Å². The topological polar surface area (TPSA) is 63.7 Å². The Kier molecular flexibility index (Phi) is 7.77. The van der Waals surface area contributed by atoms with Crippen molar-refractivity contribution in [2.45, 2.75) is 44.9 Å². The molecule has 2 aromatic carbocycles. The van der Waals surface area contributed by atoms with Crippen molar-refractivity contribution in [3.63, 3.8) is 0 Å². The van der Waals surface area contributed by atoms with Crippen LogP contribution in [0.5, 0.6) is 0 Å². The highest BCUT2D eigenvalue weighted by molar-refractivity contribution is 6.09. The van der Waals surface area contributed by atoms with Gasteiger partial charge in [-0.2, -0.15) is 0 Å². The zero-order valence-electron chi connectivity index (χ0n) is 17.5. The highest BCUT2D eigenvalue weighted by Gasteiger charge is 2.20. The van der Waals surface area contributed by atoms with Gasteiger partial charge in [0.1, 0.15) is 0 Å². The van der Waals surface area contributed by atoms with Gasteiger partial charge in [0.15, 0.2) is 5.78 Å². The van der Waals surface area contributed by atoms with E-state index in [1.54, 1.807) is 37.3 Å². The van der Waals surface area contributed by atoms with Crippen molar-refractivity contribution in [1.29, 1.82) is 0 Å². The number of ether oxygens (including phenoxy) is 1. The fourth-order valence-electron chi connectivity index (χ4n) is 3.67. The van der Waals surface area contributed by atoms with Crippen molar-refractivity contribution in [2.24, 2.45) is 0 Å². The summed E-state index contributed by atoms with van der Waals surface area (Å²) in [6.45, 7) is 3.50. The lowest BCUT2D eigenvalue weighted by molar-refractivity contribution is -0.145. The maximum Gasteiger partial charge on any atom is 0.313 e. The van der Waals surface area contributed by atoms with Crippen molar-refractivity contribution in [3.8, 4) is 0 Å². The predicted octanol–water partition coefficient (Wildman–Crippen LogP) is 4.36. The zero-order valence-corrected chi connectivity index (χ0v) is 17.5. The van der Waals surface area contributed by atoms with E-state index >= 15 is 0 Å². The Morgan fingerprint density at radius 2 is 1.77 bits per heavy atom. The van der Waals surface area contributed by atoms with Crippen molar-refractivity contribution < 1.29 is 19.1 Å². The lowest BCUT2D eigenvalue weighted by Gasteiger charge is -2.20. The molecule has 5 nitrogen and oxygen atoms in total. The summed E-state index contributed by atoms with van der Waals surface area (Å²) in [6.07, 6.45) is 4.36. The third kappa shape index (κ3) is 5.78. The molecule has 1 saturated heterocycles. The van der Waals surface area contributed by atoms with Crippen LogP contribution in [-0.4, -0.2) is 42.3 Å². The van der Waals surface area contributed by atoms with Crippen molar-refractivity contribution >= 4 is 17.7 Å². The number of esters is 1. The normalized spacial score (nSPS) is 15.4. The molecule has 1 amide bonds. The van der Waals surface area contributed by atoms with Gasteiger partial charge in [-0.05, 0) is 37.8 Å². The first kappa shape index (κ1) is 21.8. The number of benzene rings is 2. The highest BCUT2D eigenvalue weighted by Crippen LogP contribution is 2.20. The largest absolute Gasteiger partial charge is 0.465 e. The molecule has 30 heavy (non-hydrogen) atoms. The van der Waals surface area contributed by atoms with E-state index in [0.717, 1.165) is 31.4 Å². The Morgan fingerprint density at radius 1 is 1.00 bits per heavy atom. The highest BCUT2D eigenvalue weighted by atomic mass is 16.5. The molecule has 1 aliphatic heterocycles. The van der Waals surface area contributed by atoms with Crippen LogP contribution >= 0.6 is 0 Å². The minimum absolute atomic E-state index is 0.0693. The lowest BCUT2D eigenvalue weighted by atomic mass is 9.96. The number of hydrogen-bond acceptors (Lipinski definition) is 4. The van der Waals surface area contributed by atoms with Gasteiger partial charge in [0.05, 0.1) is 12.5 Å². The summed E-state index contributed by atoms with van der Waals surface area (Å²) < 4.78 is 5.44. The van der Waals surface area contributed by atoms with Gasteiger partial charge in [0.25, 0.3) is 0 Å². The predicted molar refractivity (Wildman–Crippen MR) is 115 cm³/mol. The minimum atomic E-state index is -0.464. The summed E-state index contributed by atoms with van der Waals surface area (Å²) in [5.74, 6) is -0.651. The smallest absolute Gasteiger partial charge is 0.313 e. The zero-order chi connectivity index (χ0) is 21.3. The molecule has 0 radical (unpaired) electrons. The van der Waals surface area contributed by atoms with E-state index in [0.29, 0.717) is 30.5 Å². The average molecular weight is 408 g/mol. The van der Waals surface area contributed by atoms with Gasteiger partial charge in [-0.15, -0.1) is 0 Å². The first-order chi connectivity index (χ1) is 14.6. The molecule has 1 aliphatic rings. The number of carbonyl (C=O) groups is 3. The molecule has 5 heteroatoms. The van der Waals surface area contributed by atoms with E-state index < -0.39 is 5.92 Å².